The molecule has 0 spiro atoms. The standard InChI is InChI=1S/C18H17BrN4.2ClH/c1-12(10-23-8-7-20-11-23)9-21-18-14-4-2-3-13-15(19)5-6-16(22-18)17(13)14;;/h2-8,11-12H,9-10H2,1H3,(H,21,22);2*1H. The van der Waals surface area contributed by atoms with Crippen LogP contribution in [-0.4, -0.2) is 21.9 Å². The first-order chi connectivity index (χ1) is 11.2. The van der Waals surface area contributed by atoms with Crippen molar-refractivity contribution in [1.82, 2.24) is 9.55 Å². The minimum absolute atomic E-state index is 0. The molecule has 25 heavy (non-hydrogen) atoms. The highest BCUT2D eigenvalue weighted by molar-refractivity contribution is 9.10. The molecule has 1 aliphatic heterocycles. The highest BCUT2D eigenvalue weighted by Gasteiger charge is 2.20. The highest BCUT2D eigenvalue weighted by atomic mass is 79.9. The molecule has 3 aromatic rings. The van der Waals surface area contributed by atoms with E-state index in [1.807, 2.05) is 18.7 Å². The number of rotatable bonds is 4. The van der Waals surface area contributed by atoms with Crippen LogP contribution in [0.4, 0.5) is 5.69 Å². The van der Waals surface area contributed by atoms with Gasteiger partial charge in [0.2, 0.25) is 0 Å². The van der Waals surface area contributed by atoms with Crippen LogP contribution in [-0.2, 0) is 6.54 Å². The normalized spacial score (nSPS) is 14.7. The summed E-state index contributed by atoms with van der Waals surface area (Å²) in [6.45, 7) is 3.93. The molecular weight excluding hydrogens is 423 g/mol. The molecule has 132 valence electrons. The van der Waals surface area contributed by atoms with Crippen molar-refractivity contribution in [2.45, 2.75) is 13.5 Å². The monoisotopic (exact) mass is 440 g/mol. The number of nitrogens with zero attached hydrogens (tertiary/aromatic N) is 3. The topological polar surface area (TPSA) is 42.2 Å². The maximum atomic E-state index is 4.83. The average Bonchev–Trinajstić information content (AvgIpc) is 3.18. The van der Waals surface area contributed by atoms with Crippen molar-refractivity contribution in [1.29, 1.82) is 0 Å². The molecule has 7 heteroatoms. The largest absolute Gasteiger partial charge is 0.339 e. The van der Waals surface area contributed by atoms with Crippen LogP contribution in [0.25, 0.3) is 10.8 Å². The van der Waals surface area contributed by atoms with Gasteiger partial charge in [-0.1, -0.05) is 41.1 Å². The molecule has 4 rings (SSSR count). The van der Waals surface area contributed by atoms with Gasteiger partial charge in [-0.2, -0.15) is 0 Å². The van der Waals surface area contributed by atoms with Crippen molar-refractivity contribution in [3.8, 4) is 0 Å². The Morgan fingerprint density at radius 2 is 2.08 bits per heavy atom. The molecule has 0 aliphatic carbocycles. The second-order valence-electron chi connectivity index (χ2n) is 6.00. The molecule has 0 saturated heterocycles. The Bertz CT molecular complexity index is 893. The van der Waals surface area contributed by atoms with Crippen LogP contribution < -0.4 is 5.32 Å². The summed E-state index contributed by atoms with van der Waals surface area (Å²) in [4.78, 5) is 8.91. The second-order valence-corrected chi connectivity index (χ2v) is 6.86. The van der Waals surface area contributed by atoms with E-state index in [1.54, 1.807) is 0 Å². The molecular formula is C18H19BrCl2N4. The molecule has 0 saturated carbocycles. The summed E-state index contributed by atoms with van der Waals surface area (Å²) in [5.74, 6) is 1.43. The molecule has 2 heterocycles. The zero-order valence-corrected chi connectivity index (χ0v) is 16.9. The van der Waals surface area contributed by atoms with E-state index in [4.69, 9.17) is 4.99 Å². The summed E-state index contributed by atoms with van der Waals surface area (Å²) in [5, 5.41) is 5.94. The van der Waals surface area contributed by atoms with Gasteiger partial charge in [0.1, 0.15) is 5.84 Å². The number of nitrogens with one attached hydrogen (secondary N) is 1. The van der Waals surface area contributed by atoms with Crippen LogP contribution in [0.5, 0.6) is 0 Å². The molecule has 4 nitrogen and oxygen atoms in total. The third kappa shape index (κ3) is 3.84. The van der Waals surface area contributed by atoms with E-state index < -0.39 is 0 Å². The predicted octanol–water partition coefficient (Wildman–Crippen LogP) is 5.15. The van der Waals surface area contributed by atoms with Crippen LogP contribution in [0.15, 0.2) is 58.5 Å². The Balaban J connectivity index is 0.00000113. The fourth-order valence-corrected chi connectivity index (χ4v) is 3.51. The summed E-state index contributed by atoms with van der Waals surface area (Å²) in [5.41, 5.74) is 2.33. The Kier molecular flexibility index (Phi) is 6.49. The van der Waals surface area contributed by atoms with Gasteiger partial charge in [-0.25, -0.2) is 4.98 Å². The van der Waals surface area contributed by atoms with Crippen molar-refractivity contribution in [2.24, 2.45) is 10.9 Å². The second kappa shape index (κ2) is 8.21. The molecule has 0 bridgehead atoms. The quantitative estimate of drug-likeness (QED) is 0.608. The highest BCUT2D eigenvalue weighted by Crippen LogP contribution is 2.37. The fraction of sp³-hybridized carbons (Fsp3) is 0.222. The van der Waals surface area contributed by atoms with Gasteiger partial charge in [-0.05, 0) is 23.4 Å². The fourth-order valence-electron chi connectivity index (χ4n) is 3.05. The molecule has 1 N–H and O–H groups in total. The first-order valence-electron chi connectivity index (χ1n) is 7.71. The third-order valence-corrected chi connectivity index (χ3v) is 4.83. The van der Waals surface area contributed by atoms with E-state index in [-0.39, 0.29) is 24.8 Å². The number of aromatic nitrogens is 2. The van der Waals surface area contributed by atoms with E-state index in [9.17, 15) is 0 Å². The van der Waals surface area contributed by atoms with Crippen molar-refractivity contribution in [3.63, 3.8) is 0 Å². The number of imidazole rings is 1. The van der Waals surface area contributed by atoms with Gasteiger partial charge in [0.25, 0.3) is 0 Å². The molecule has 1 aromatic heterocycles. The number of hydrogen-bond acceptors (Lipinski definition) is 2. The van der Waals surface area contributed by atoms with E-state index >= 15 is 0 Å². The Labute approximate surface area is 167 Å². The molecule has 0 fully saturated rings. The lowest BCUT2D eigenvalue weighted by Crippen LogP contribution is -2.13. The van der Waals surface area contributed by atoms with Gasteiger partial charge in [0.05, 0.1) is 6.33 Å². The minimum Gasteiger partial charge on any atom is -0.339 e. The van der Waals surface area contributed by atoms with Crippen molar-refractivity contribution in [3.05, 3.63) is 59.1 Å². The predicted molar refractivity (Wildman–Crippen MR) is 113 cm³/mol. The summed E-state index contributed by atoms with van der Waals surface area (Å²) in [6, 6.07) is 10.5. The smallest absolute Gasteiger partial charge is 0.133 e. The number of hydrogen-bond donors (Lipinski definition) is 1. The van der Waals surface area contributed by atoms with Crippen molar-refractivity contribution >= 4 is 63.0 Å². The maximum Gasteiger partial charge on any atom is 0.133 e. The number of aliphatic imine (C=N–C) groups is 1. The molecule has 2 aromatic carbocycles. The summed E-state index contributed by atoms with van der Waals surface area (Å²) in [7, 11) is 0. The van der Waals surface area contributed by atoms with Gasteiger partial charge in [-0.3, -0.25) is 4.99 Å². The summed E-state index contributed by atoms with van der Waals surface area (Å²) in [6.07, 6.45) is 5.66. The van der Waals surface area contributed by atoms with Crippen LogP contribution in [0.3, 0.4) is 0 Å². The van der Waals surface area contributed by atoms with E-state index in [1.165, 1.54) is 16.3 Å². The molecule has 1 atom stereocenters. The van der Waals surface area contributed by atoms with Gasteiger partial charge < -0.3 is 9.88 Å². The van der Waals surface area contributed by atoms with Crippen LogP contribution in [0.2, 0.25) is 0 Å². The Morgan fingerprint density at radius 3 is 2.84 bits per heavy atom. The number of amidine groups is 1. The molecule has 0 amide bonds. The summed E-state index contributed by atoms with van der Waals surface area (Å²) < 4.78 is 3.22. The average molecular weight is 442 g/mol. The lowest BCUT2D eigenvalue weighted by atomic mass is 10.1. The van der Waals surface area contributed by atoms with Gasteiger partial charge in [0, 0.05) is 46.6 Å². The lowest BCUT2D eigenvalue weighted by molar-refractivity contribution is 0.492. The Hall–Kier alpha value is -1.56. The number of benzene rings is 2. The summed E-state index contributed by atoms with van der Waals surface area (Å²) >= 11 is 3.63. The zero-order valence-electron chi connectivity index (χ0n) is 13.6. The minimum atomic E-state index is 0. The van der Waals surface area contributed by atoms with E-state index in [0.29, 0.717) is 5.92 Å². The first-order valence-corrected chi connectivity index (χ1v) is 8.50. The first kappa shape index (κ1) is 19.8. The molecule has 1 aliphatic rings. The van der Waals surface area contributed by atoms with E-state index in [2.05, 4.69) is 68.1 Å². The number of anilines is 1. The SMILES string of the molecule is CC(CN=C1Nc2ccc(Br)c3cccc1c23)Cn1ccnc1.Cl.Cl. The third-order valence-electron chi connectivity index (χ3n) is 4.14. The van der Waals surface area contributed by atoms with E-state index in [0.717, 1.165) is 29.1 Å². The Morgan fingerprint density at radius 1 is 1.24 bits per heavy atom. The van der Waals surface area contributed by atoms with Crippen molar-refractivity contribution < 1.29 is 0 Å². The van der Waals surface area contributed by atoms with Gasteiger partial charge >= 0.3 is 0 Å². The molecule has 1 unspecified atom stereocenters. The lowest BCUT2D eigenvalue weighted by Gasteiger charge is -2.10. The van der Waals surface area contributed by atoms with Crippen LogP contribution in [0, 0.1) is 5.92 Å². The van der Waals surface area contributed by atoms with Crippen LogP contribution in [0.1, 0.15) is 12.5 Å². The van der Waals surface area contributed by atoms with Crippen LogP contribution >= 0.6 is 40.7 Å². The van der Waals surface area contributed by atoms with Gasteiger partial charge in [-0.15, -0.1) is 24.8 Å². The molecule has 0 radical (unpaired) electrons. The van der Waals surface area contributed by atoms with Crippen molar-refractivity contribution in [2.75, 3.05) is 11.9 Å². The van der Waals surface area contributed by atoms with Gasteiger partial charge in [0.15, 0.2) is 0 Å². The maximum absolute atomic E-state index is 4.83. The zero-order chi connectivity index (χ0) is 15.8. The number of halogens is 3.